The van der Waals surface area contributed by atoms with Gasteiger partial charge in [0.25, 0.3) is 11.6 Å². The molecule has 0 bridgehead atoms. The zero-order valence-corrected chi connectivity index (χ0v) is 10.2. The molecule has 1 aliphatic carbocycles. The summed E-state index contributed by atoms with van der Waals surface area (Å²) in [7, 11) is 0. The number of amides is 1. The van der Waals surface area contributed by atoms with Crippen LogP contribution in [0.1, 0.15) is 29.6 Å². The summed E-state index contributed by atoms with van der Waals surface area (Å²) in [6, 6.07) is 1.83. The molecule has 1 saturated carbocycles. The molecule has 0 spiro atoms. The molecule has 19 heavy (non-hydrogen) atoms. The molecule has 3 N–H and O–H groups in total. The maximum Gasteiger partial charge on any atom is 0.293 e. The molecule has 1 aromatic carbocycles. The molecular formula is C12H14FN3O3. The zero-order chi connectivity index (χ0) is 14.0. The Labute approximate surface area is 108 Å². The van der Waals surface area contributed by atoms with Crippen LogP contribution in [-0.4, -0.2) is 17.4 Å². The molecule has 1 aliphatic rings. The van der Waals surface area contributed by atoms with Crippen molar-refractivity contribution in [1.82, 2.24) is 5.32 Å². The van der Waals surface area contributed by atoms with Gasteiger partial charge in [0.15, 0.2) is 0 Å². The molecule has 6 nitrogen and oxygen atoms in total. The second-order valence-electron chi connectivity index (χ2n) is 4.60. The van der Waals surface area contributed by atoms with Crippen molar-refractivity contribution in [2.24, 2.45) is 5.92 Å². The quantitative estimate of drug-likeness (QED) is 0.483. The lowest BCUT2D eigenvalue weighted by molar-refractivity contribution is -0.384. The molecule has 1 fully saturated rings. The van der Waals surface area contributed by atoms with Gasteiger partial charge >= 0.3 is 0 Å². The average molecular weight is 267 g/mol. The molecular weight excluding hydrogens is 253 g/mol. The minimum atomic E-state index is -0.855. The number of nitrogens with two attached hydrogens (primary N) is 1. The van der Waals surface area contributed by atoms with Crippen molar-refractivity contribution in [3.8, 4) is 0 Å². The molecule has 0 radical (unpaired) electrons. The first-order chi connectivity index (χ1) is 9.00. The average Bonchev–Trinajstić information content (AvgIpc) is 3.12. The number of anilines is 1. The molecule has 102 valence electrons. The second kappa shape index (κ2) is 5.21. The minimum absolute atomic E-state index is 0.422. The topological polar surface area (TPSA) is 98.3 Å². The van der Waals surface area contributed by atoms with E-state index in [0.29, 0.717) is 12.5 Å². The number of benzene rings is 1. The molecule has 0 aromatic heterocycles. The standard InChI is InChI=1S/C12H14FN3O3/c13-8-3-4-9(16(18)19)11(14)10(8)12(17)15-6-5-7-1-2-7/h3-4,7H,1-2,5-6,14H2,(H,15,17). The normalized spacial score (nSPS) is 14.2. The summed E-state index contributed by atoms with van der Waals surface area (Å²) < 4.78 is 13.6. The van der Waals surface area contributed by atoms with Crippen molar-refractivity contribution in [3.63, 3.8) is 0 Å². The Morgan fingerprint density at radius 2 is 2.21 bits per heavy atom. The SMILES string of the molecule is Nc1c([N+](=O)[O-])ccc(F)c1C(=O)NCCC1CC1. The summed E-state index contributed by atoms with van der Waals surface area (Å²) in [5.74, 6) is -0.932. The van der Waals surface area contributed by atoms with Crippen LogP contribution in [0, 0.1) is 21.8 Å². The van der Waals surface area contributed by atoms with Gasteiger partial charge in [-0.25, -0.2) is 4.39 Å². The van der Waals surface area contributed by atoms with Crippen molar-refractivity contribution in [2.75, 3.05) is 12.3 Å². The lowest BCUT2D eigenvalue weighted by Gasteiger charge is -2.08. The number of carbonyl (C=O) groups excluding carboxylic acids is 1. The predicted octanol–water partition coefficient (Wildman–Crippen LogP) is 1.85. The molecule has 2 rings (SSSR count). The number of hydrogen-bond donors (Lipinski definition) is 2. The van der Waals surface area contributed by atoms with Crippen molar-refractivity contribution in [2.45, 2.75) is 19.3 Å². The first-order valence-corrected chi connectivity index (χ1v) is 6.01. The fraction of sp³-hybridized carbons (Fsp3) is 0.417. The Morgan fingerprint density at radius 1 is 1.53 bits per heavy atom. The Morgan fingerprint density at radius 3 is 2.79 bits per heavy atom. The van der Waals surface area contributed by atoms with Crippen LogP contribution in [-0.2, 0) is 0 Å². The predicted molar refractivity (Wildman–Crippen MR) is 67.1 cm³/mol. The summed E-state index contributed by atoms with van der Waals surface area (Å²) in [6.45, 7) is 0.422. The van der Waals surface area contributed by atoms with Gasteiger partial charge in [-0.15, -0.1) is 0 Å². The van der Waals surface area contributed by atoms with Gasteiger partial charge in [0, 0.05) is 12.6 Å². The van der Waals surface area contributed by atoms with Crippen molar-refractivity contribution in [3.05, 3.63) is 33.6 Å². The lowest BCUT2D eigenvalue weighted by atomic mass is 10.1. The van der Waals surface area contributed by atoms with E-state index < -0.39 is 33.6 Å². The van der Waals surface area contributed by atoms with Gasteiger partial charge in [0.1, 0.15) is 17.1 Å². The van der Waals surface area contributed by atoms with E-state index in [1.807, 2.05) is 0 Å². The Kier molecular flexibility index (Phi) is 3.64. The van der Waals surface area contributed by atoms with Gasteiger partial charge in [0.05, 0.1) is 4.92 Å². The highest BCUT2D eigenvalue weighted by molar-refractivity contribution is 6.01. The summed E-state index contributed by atoms with van der Waals surface area (Å²) in [4.78, 5) is 21.8. The zero-order valence-electron chi connectivity index (χ0n) is 10.2. The third kappa shape index (κ3) is 2.98. The lowest BCUT2D eigenvalue weighted by Crippen LogP contribution is -2.27. The summed E-state index contributed by atoms with van der Waals surface area (Å²) in [5.41, 5.74) is 4.13. The van der Waals surface area contributed by atoms with E-state index in [4.69, 9.17) is 5.73 Å². The number of halogens is 1. The molecule has 0 unspecified atom stereocenters. The first kappa shape index (κ1) is 13.3. The third-order valence-corrected chi connectivity index (χ3v) is 3.13. The number of carbonyl (C=O) groups is 1. The van der Waals surface area contributed by atoms with E-state index in [1.54, 1.807) is 0 Å². The molecule has 0 aliphatic heterocycles. The van der Waals surface area contributed by atoms with Crippen LogP contribution >= 0.6 is 0 Å². The van der Waals surface area contributed by atoms with Crippen LogP contribution in [0.5, 0.6) is 0 Å². The molecule has 0 atom stereocenters. The Bertz CT molecular complexity index is 529. The van der Waals surface area contributed by atoms with Crippen molar-refractivity contribution < 1.29 is 14.1 Å². The highest BCUT2D eigenvalue weighted by Crippen LogP contribution is 2.32. The van der Waals surface area contributed by atoms with E-state index in [9.17, 15) is 19.3 Å². The summed E-state index contributed by atoms with van der Waals surface area (Å²) >= 11 is 0. The summed E-state index contributed by atoms with van der Waals surface area (Å²) in [6.07, 6.45) is 3.15. The second-order valence-corrected chi connectivity index (χ2v) is 4.60. The fourth-order valence-corrected chi connectivity index (χ4v) is 1.86. The van der Waals surface area contributed by atoms with Gasteiger partial charge < -0.3 is 11.1 Å². The van der Waals surface area contributed by atoms with Gasteiger partial charge in [0.2, 0.25) is 0 Å². The number of nitro groups is 1. The van der Waals surface area contributed by atoms with Crippen molar-refractivity contribution in [1.29, 1.82) is 0 Å². The van der Waals surface area contributed by atoms with Gasteiger partial charge in [-0.1, -0.05) is 12.8 Å². The van der Waals surface area contributed by atoms with Crippen LogP contribution < -0.4 is 11.1 Å². The first-order valence-electron chi connectivity index (χ1n) is 6.01. The fourth-order valence-electron chi connectivity index (χ4n) is 1.86. The number of hydrogen-bond acceptors (Lipinski definition) is 4. The number of nitrogens with zero attached hydrogens (tertiary/aromatic N) is 1. The summed E-state index contributed by atoms with van der Waals surface area (Å²) in [5, 5.41) is 13.2. The monoisotopic (exact) mass is 267 g/mol. The smallest absolute Gasteiger partial charge is 0.293 e. The van der Waals surface area contributed by atoms with E-state index in [1.165, 1.54) is 0 Å². The number of nitrogen functional groups attached to an aromatic ring is 1. The highest BCUT2D eigenvalue weighted by Gasteiger charge is 2.25. The number of nitrogens with one attached hydrogen (secondary N) is 1. The van der Waals surface area contributed by atoms with Crippen LogP contribution in [0.25, 0.3) is 0 Å². The molecule has 0 saturated heterocycles. The highest BCUT2D eigenvalue weighted by atomic mass is 19.1. The molecule has 1 aromatic rings. The molecule has 1 amide bonds. The van der Waals surface area contributed by atoms with E-state index in [0.717, 1.165) is 31.4 Å². The van der Waals surface area contributed by atoms with Gasteiger partial charge in [-0.05, 0) is 18.4 Å². The Hall–Kier alpha value is -2.18. The largest absolute Gasteiger partial charge is 0.392 e. The molecule has 7 heteroatoms. The number of rotatable bonds is 5. The maximum atomic E-state index is 13.6. The minimum Gasteiger partial charge on any atom is -0.392 e. The van der Waals surface area contributed by atoms with Crippen LogP contribution in [0.4, 0.5) is 15.8 Å². The van der Waals surface area contributed by atoms with E-state index in [-0.39, 0.29) is 0 Å². The van der Waals surface area contributed by atoms with E-state index >= 15 is 0 Å². The van der Waals surface area contributed by atoms with Crippen molar-refractivity contribution >= 4 is 17.3 Å². The van der Waals surface area contributed by atoms with Gasteiger partial charge in [-0.3, -0.25) is 14.9 Å². The van der Waals surface area contributed by atoms with Crippen LogP contribution in [0.3, 0.4) is 0 Å². The third-order valence-electron chi connectivity index (χ3n) is 3.13. The Balaban J connectivity index is 2.14. The number of nitro benzene ring substituents is 1. The van der Waals surface area contributed by atoms with Gasteiger partial charge in [-0.2, -0.15) is 0 Å². The van der Waals surface area contributed by atoms with Crippen LogP contribution in [0.15, 0.2) is 12.1 Å². The van der Waals surface area contributed by atoms with E-state index in [2.05, 4.69) is 5.32 Å². The maximum absolute atomic E-state index is 13.6. The van der Waals surface area contributed by atoms with Crippen LogP contribution in [0.2, 0.25) is 0 Å². The molecule has 0 heterocycles.